The molecule has 3 heterocycles. The fourth-order valence-corrected chi connectivity index (χ4v) is 3.91. The van der Waals surface area contributed by atoms with E-state index >= 15 is 0 Å². The number of aromatic nitrogens is 4. The van der Waals surface area contributed by atoms with Gasteiger partial charge in [-0.2, -0.15) is 4.98 Å². The topological polar surface area (TPSA) is 84.6 Å². The Morgan fingerprint density at radius 2 is 1.78 bits per heavy atom. The van der Waals surface area contributed by atoms with E-state index in [1.54, 1.807) is 41.9 Å². The second kappa shape index (κ2) is 10.3. The Hall–Kier alpha value is -4.72. The molecule has 0 saturated heterocycles. The van der Waals surface area contributed by atoms with Crippen LogP contribution in [-0.4, -0.2) is 51.1 Å². The van der Waals surface area contributed by atoms with Gasteiger partial charge in [-0.05, 0) is 72.8 Å². The van der Waals surface area contributed by atoms with Crippen LogP contribution in [0.15, 0.2) is 91.1 Å². The zero-order valence-corrected chi connectivity index (χ0v) is 20.1. The van der Waals surface area contributed by atoms with Crippen molar-refractivity contribution < 1.29 is 9.53 Å². The number of anilines is 2. The molecule has 0 fully saturated rings. The largest absolute Gasteiger partial charge is 0.497 e. The summed E-state index contributed by atoms with van der Waals surface area (Å²) in [5.41, 5.74) is 5.04. The van der Waals surface area contributed by atoms with E-state index in [-0.39, 0.29) is 5.91 Å². The standard InChI is InChI=1S/C28H26N6O2/c1-33(19-17-22-6-3-4-18-29-22)27(35)21-9-13-23(14-10-21)30-28-31-26-8-5-7-25(34(26)32-28)20-11-15-24(36-2)16-12-20/h3-16,18H,17,19H2,1-2H3,(H,30,32). The number of benzene rings is 2. The summed E-state index contributed by atoms with van der Waals surface area (Å²) in [6, 6.07) is 26.8. The van der Waals surface area contributed by atoms with E-state index < -0.39 is 0 Å². The zero-order valence-electron chi connectivity index (χ0n) is 20.1. The van der Waals surface area contributed by atoms with Crippen LogP contribution in [0.2, 0.25) is 0 Å². The number of nitrogens with zero attached hydrogens (tertiary/aromatic N) is 5. The molecule has 1 N–H and O–H groups in total. The van der Waals surface area contributed by atoms with Gasteiger partial charge >= 0.3 is 0 Å². The Labute approximate surface area is 209 Å². The number of hydrogen-bond acceptors (Lipinski definition) is 6. The van der Waals surface area contributed by atoms with E-state index in [2.05, 4.69) is 20.4 Å². The summed E-state index contributed by atoms with van der Waals surface area (Å²) < 4.78 is 7.06. The van der Waals surface area contributed by atoms with Crippen molar-refractivity contribution in [3.8, 4) is 17.0 Å². The van der Waals surface area contributed by atoms with Crippen LogP contribution in [0, 0.1) is 0 Å². The SMILES string of the molecule is COc1ccc(-c2cccc3nc(Nc4ccc(C(=O)N(C)CCc5ccccn5)cc4)nn23)cc1. The van der Waals surface area contributed by atoms with Gasteiger partial charge in [0.25, 0.3) is 5.91 Å². The Morgan fingerprint density at radius 3 is 2.50 bits per heavy atom. The maximum Gasteiger partial charge on any atom is 0.253 e. The van der Waals surface area contributed by atoms with E-state index in [1.165, 1.54) is 0 Å². The molecular weight excluding hydrogens is 452 g/mol. The monoisotopic (exact) mass is 478 g/mol. The third-order valence-electron chi connectivity index (χ3n) is 5.91. The number of carbonyl (C=O) groups is 1. The Morgan fingerprint density at radius 1 is 0.972 bits per heavy atom. The van der Waals surface area contributed by atoms with Gasteiger partial charge in [-0.15, -0.1) is 5.10 Å². The van der Waals surface area contributed by atoms with Crippen LogP contribution in [0.1, 0.15) is 16.1 Å². The molecule has 0 radical (unpaired) electrons. The van der Waals surface area contributed by atoms with E-state index in [4.69, 9.17) is 4.74 Å². The lowest BCUT2D eigenvalue weighted by atomic mass is 10.1. The average molecular weight is 479 g/mol. The van der Waals surface area contributed by atoms with Crippen LogP contribution in [0.25, 0.3) is 16.9 Å². The molecule has 0 aliphatic heterocycles. The minimum absolute atomic E-state index is 0.0348. The lowest BCUT2D eigenvalue weighted by molar-refractivity contribution is 0.0796. The van der Waals surface area contributed by atoms with Crippen molar-refractivity contribution in [1.82, 2.24) is 24.5 Å². The molecule has 0 atom stereocenters. The summed E-state index contributed by atoms with van der Waals surface area (Å²) in [7, 11) is 3.45. The van der Waals surface area contributed by atoms with Crippen molar-refractivity contribution in [2.24, 2.45) is 0 Å². The van der Waals surface area contributed by atoms with E-state index in [1.807, 2.05) is 72.8 Å². The van der Waals surface area contributed by atoms with Crippen molar-refractivity contribution in [2.75, 3.05) is 26.0 Å². The van der Waals surface area contributed by atoms with Gasteiger partial charge in [-0.25, -0.2) is 4.52 Å². The quantitative estimate of drug-likeness (QED) is 0.343. The van der Waals surface area contributed by atoms with Gasteiger partial charge < -0.3 is 15.0 Å². The predicted octanol–water partition coefficient (Wildman–Crippen LogP) is 4.86. The lowest BCUT2D eigenvalue weighted by Gasteiger charge is -2.17. The summed E-state index contributed by atoms with van der Waals surface area (Å²) in [6.07, 6.45) is 2.47. The number of rotatable bonds is 8. The maximum absolute atomic E-state index is 12.8. The van der Waals surface area contributed by atoms with Crippen LogP contribution < -0.4 is 10.1 Å². The summed E-state index contributed by atoms with van der Waals surface area (Å²) >= 11 is 0. The third kappa shape index (κ3) is 5.02. The highest BCUT2D eigenvalue weighted by atomic mass is 16.5. The molecule has 0 spiro atoms. The maximum atomic E-state index is 12.8. The van der Waals surface area contributed by atoms with Crippen LogP contribution in [0.5, 0.6) is 5.75 Å². The number of nitrogens with one attached hydrogen (secondary N) is 1. The smallest absolute Gasteiger partial charge is 0.253 e. The third-order valence-corrected chi connectivity index (χ3v) is 5.91. The molecule has 0 aliphatic carbocycles. The van der Waals surface area contributed by atoms with Crippen LogP contribution in [-0.2, 0) is 6.42 Å². The lowest BCUT2D eigenvalue weighted by Crippen LogP contribution is -2.28. The minimum Gasteiger partial charge on any atom is -0.497 e. The van der Waals surface area contributed by atoms with E-state index in [0.717, 1.165) is 34.0 Å². The fraction of sp³-hybridized carbons (Fsp3) is 0.143. The van der Waals surface area contributed by atoms with Gasteiger partial charge in [0.15, 0.2) is 5.65 Å². The first-order chi connectivity index (χ1) is 17.6. The summed E-state index contributed by atoms with van der Waals surface area (Å²) in [5.74, 6) is 1.24. The summed E-state index contributed by atoms with van der Waals surface area (Å²) in [6.45, 7) is 0.595. The second-order valence-electron chi connectivity index (χ2n) is 8.35. The first kappa shape index (κ1) is 23.0. The van der Waals surface area contributed by atoms with Crippen LogP contribution in [0.4, 0.5) is 11.6 Å². The average Bonchev–Trinajstić information content (AvgIpc) is 3.35. The molecular formula is C28H26N6O2. The number of hydrogen-bond donors (Lipinski definition) is 1. The number of likely N-dealkylation sites (N-methyl/N-ethyl adjacent to an activating group) is 1. The number of fused-ring (bicyclic) bond motifs is 1. The van der Waals surface area contributed by atoms with Gasteiger partial charge in [0.1, 0.15) is 5.75 Å². The molecule has 180 valence electrons. The van der Waals surface area contributed by atoms with Crippen molar-refractivity contribution in [1.29, 1.82) is 0 Å². The van der Waals surface area contributed by atoms with Gasteiger partial charge in [-0.3, -0.25) is 9.78 Å². The van der Waals surface area contributed by atoms with Crippen LogP contribution >= 0.6 is 0 Å². The summed E-state index contributed by atoms with van der Waals surface area (Å²) in [5, 5.41) is 7.88. The number of methoxy groups -OCH3 is 1. The molecule has 5 aromatic rings. The molecule has 5 rings (SSSR count). The van der Waals surface area contributed by atoms with Gasteiger partial charge in [0, 0.05) is 48.7 Å². The van der Waals surface area contributed by atoms with Gasteiger partial charge in [-0.1, -0.05) is 12.1 Å². The molecule has 36 heavy (non-hydrogen) atoms. The molecule has 0 bridgehead atoms. The van der Waals surface area contributed by atoms with Gasteiger partial charge in [0.2, 0.25) is 5.95 Å². The molecule has 0 aliphatic rings. The highest BCUT2D eigenvalue weighted by Gasteiger charge is 2.13. The number of carbonyl (C=O) groups excluding carboxylic acids is 1. The normalized spacial score (nSPS) is 10.8. The Bertz CT molecular complexity index is 1460. The van der Waals surface area contributed by atoms with E-state index in [0.29, 0.717) is 24.5 Å². The molecule has 8 heteroatoms. The molecule has 8 nitrogen and oxygen atoms in total. The molecule has 3 aromatic heterocycles. The first-order valence-corrected chi connectivity index (χ1v) is 11.6. The Kier molecular flexibility index (Phi) is 6.57. The number of amides is 1. The van der Waals surface area contributed by atoms with Crippen molar-refractivity contribution in [3.63, 3.8) is 0 Å². The predicted molar refractivity (Wildman–Crippen MR) is 140 cm³/mol. The fourth-order valence-electron chi connectivity index (χ4n) is 3.91. The van der Waals surface area contributed by atoms with Crippen molar-refractivity contribution >= 4 is 23.2 Å². The molecule has 0 saturated carbocycles. The first-order valence-electron chi connectivity index (χ1n) is 11.6. The van der Waals surface area contributed by atoms with Crippen LogP contribution in [0.3, 0.4) is 0 Å². The molecule has 1 amide bonds. The molecule has 2 aromatic carbocycles. The van der Waals surface area contributed by atoms with Gasteiger partial charge in [0.05, 0.1) is 12.8 Å². The van der Waals surface area contributed by atoms with Crippen molar-refractivity contribution in [3.05, 3.63) is 102 Å². The minimum atomic E-state index is -0.0348. The summed E-state index contributed by atoms with van der Waals surface area (Å²) in [4.78, 5) is 23.4. The number of pyridine rings is 2. The highest BCUT2D eigenvalue weighted by Crippen LogP contribution is 2.24. The zero-order chi connectivity index (χ0) is 24.9. The highest BCUT2D eigenvalue weighted by molar-refractivity contribution is 5.94. The number of ether oxygens (including phenoxy) is 1. The Balaban J connectivity index is 1.27. The second-order valence-corrected chi connectivity index (χ2v) is 8.35. The molecule has 0 unspecified atom stereocenters. The van der Waals surface area contributed by atoms with Crippen molar-refractivity contribution in [2.45, 2.75) is 6.42 Å². The van der Waals surface area contributed by atoms with E-state index in [9.17, 15) is 4.79 Å².